The summed E-state index contributed by atoms with van der Waals surface area (Å²) in [6, 6.07) is 0.729. The lowest BCUT2D eigenvalue weighted by Crippen LogP contribution is -2.49. The first-order chi connectivity index (χ1) is 8.73. The van der Waals surface area contributed by atoms with E-state index < -0.39 is 0 Å². The highest BCUT2D eigenvalue weighted by molar-refractivity contribution is 4.86. The minimum absolute atomic E-state index is 0.211. The van der Waals surface area contributed by atoms with Gasteiger partial charge in [0.05, 0.1) is 0 Å². The smallest absolute Gasteiger partial charge is 0.00967 e. The molecule has 0 radical (unpaired) electrons. The van der Waals surface area contributed by atoms with Crippen LogP contribution in [-0.4, -0.2) is 36.6 Å². The quantitative estimate of drug-likeness (QED) is 0.672. The highest BCUT2D eigenvalue weighted by atomic mass is 15.1. The Kier molecular flexibility index (Phi) is 8.23. The molecular formula is C17H38N2. The Balaban J connectivity index is 4.69. The summed E-state index contributed by atoms with van der Waals surface area (Å²) >= 11 is 0. The molecule has 116 valence electrons. The van der Waals surface area contributed by atoms with Crippen molar-refractivity contribution in [3.05, 3.63) is 0 Å². The first-order valence-corrected chi connectivity index (χ1v) is 8.18. The van der Waals surface area contributed by atoms with Crippen LogP contribution in [-0.2, 0) is 0 Å². The molecular weight excluding hydrogens is 232 g/mol. The second-order valence-corrected chi connectivity index (χ2v) is 7.20. The summed E-state index contributed by atoms with van der Waals surface area (Å²) in [5.41, 5.74) is 0.619. The molecule has 0 atom stereocenters. The van der Waals surface area contributed by atoms with Gasteiger partial charge in [0.25, 0.3) is 0 Å². The molecule has 0 fully saturated rings. The van der Waals surface area contributed by atoms with Crippen molar-refractivity contribution < 1.29 is 0 Å². The average Bonchev–Trinajstić information content (AvgIpc) is 2.35. The monoisotopic (exact) mass is 270 g/mol. The van der Waals surface area contributed by atoms with Gasteiger partial charge in [0.2, 0.25) is 0 Å². The van der Waals surface area contributed by atoms with Crippen LogP contribution in [0.2, 0.25) is 0 Å². The maximum absolute atomic E-state index is 3.72. The molecule has 1 N–H and O–H groups in total. The zero-order chi connectivity index (χ0) is 15.1. The van der Waals surface area contributed by atoms with E-state index in [-0.39, 0.29) is 5.54 Å². The fraction of sp³-hybridized carbons (Fsp3) is 1.00. The summed E-state index contributed by atoms with van der Waals surface area (Å²) in [5.74, 6) is 0. The Morgan fingerprint density at radius 3 is 1.74 bits per heavy atom. The lowest BCUT2D eigenvalue weighted by atomic mass is 9.80. The Labute approximate surface area is 122 Å². The second-order valence-electron chi connectivity index (χ2n) is 7.20. The Hall–Kier alpha value is -0.0800. The maximum Gasteiger partial charge on any atom is 0.00967 e. The van der Waals surface area contributed by atoms with Gasteiger partial charge in [-0.25, -0.2) is 0 Å². The van der Waals surface area contributed by atoms with Gasteiger partial charge in [-0.1, -0.05) is 27.7 Å². The zero-order valence-electron chi connectivity index (χ0n) is 14.8. The molecule has 0 saturated carbocycles. The van der Waals surface area contributed by atoms with Crippen LogP contribution in [0.3, 0.4) is 0 Å². The maximum atomic E-state index is 3.72. The van der Waals surface area contributed by atoms with E-state index in [1.54, 1.807) is 0 Å². The molecule has 0 aliphatic heterocycles. The molecule has 0 rings (SSSR count). The SMILES string of the molecule is CCC(CC)N(C)CC(CC)(CC)CNC(C)(C)C. The van der Waals surface area contributed by atoms with E-state index in [1.807, 2.05) is 0 Å². The largest absolute Gasteiger partial charge is 0.311 e. The first-order valence-electron chi connectivity index (χ1n) is 8.18. The molecule has 0 unspecified atom stereocenters. The van der Waals surface area contributed by atoms with Crippen LogP contribution in [0, 0.1) is 5.41 Å². The van der Waals surface area contributed by atoms with Crippen molar-refractivity contribution in [3.8, 4) is 0 Å². The fourth-order valence-electron chi connectivity index (χ4n) is 2.80. The molecule has 0 aromatic heterocycles. The van der Waals surface area contributed by atoms with Gasteiger partial charge >= 0.3 is 0 Å². The minimum atomic E-state index is 0.211. The predicted octanol–water partition coefficient (Wildman–Crippen LogP) is 4.30. The van der Waals surface area contributed by atoms with Gasteiger partial charge in [0.1, 0.15) is 0 Å². The van der Waals surface area contributed by atoms with Gasteiger partial charge in [-0.15, -0.1) is 0 Å². The molecule has 0 aliphatic carbocycles. The van der Waals surface area contributed by atoms with Crippen LogP contribution in [0.5, 0.6) is 0 Å². The van der Waals surface area contributed by atoms with Crippen molar-refractivity contribution in [1.82, 2.24) is 10.2 Å². The Morgan fingerprint density at radius 1 is 0.947 bits per heavy atom. The summed E-state index contributed by atoms with van der Waals surface area (Å²) in [7, 11) is 2.30. The van der Waals surface area contributed by atoms with Crippen LogP contribution in [0.15, 0.2) is 0 Å². The van der Waals surface area contributed by atoms with Crippen LogP contribution in [0.25, 0.3) is 0 Å². The lowest BCUT2D eigenvalue weighted by molar-refractivity contribution is 0.110. The third-order valence-electron chi connectivity index (χ3n) is 4.64. The van der Waals surface area contributed by atoms with Crippen molar-refractivity contribution in [2.75, 3.05) is 20.1 Å². The number of hydrogen-bond donors (Lipinski definition) is 1. The van der Waals surface area contributed by atoms with Crippen LogP contribution >= 0.6 is 0 Å². The highest BCUT2D eigenvalue weighted by Gasteiger charge is 2.30. The standard InChI is InChI=1S/C17H38N2/c1-9-15(10-2)19(8)14-17(11-3,12-4)13-18-16(5,6)7/h15,18H,9-14H2,1-8H3. The molecule has 0 aromatic carbocycles. The van der Waals surface area contributed by atoms with Gasteiger partial charge in [0, 0.05) is 24.7 Å². The van der Waals surface area contributed by atoms with Gasteiger partial charge in [-0.2, -0.15) is 0 Å². The summed E-state index contributed by atoms with van der Waals surface area (Å²) < 4.78 is 0. The third-order valence-corrected chi connectivity index (χ3v) is 4.64. The van der Waals surface area contributed by atoms with Crippen molar-refractivity contribution >= 4 is 0 Å². The van der Waals surface area contributed by atoms with E-state index >= 15 is 0 Å². The Bertz CT molecular complexity index is 222. The molecule has 2 heteroatoms. The highest BCUT2D eigenvalue weighted by Crippen LogP contribution is 2.28. The van der Waals surface area contributed by atoms with Crippen molar-refractivity contribution in [1.29, 1.82) is 0 Å². The van der Waals surface area contributed by atoms with Crippen LogP contribution in [0.1, 0.15) is 74.1 Å². The Morgan fingerprint density at radius 2 is 1.42 bits per heavy atom. The van der Waals surface area contributed by atoms with E-state index in [9.17, 15) is 0 Å². The zero-order valence-corrected chi connectivity index (χ0v) is 14.8. The first kappa shape index (κ1) is 18.9. The molecule has 0 saturated heterocycles. The van der Waals surface area contributed by atoms with E-state index in [0.29, 0.717) is 5.41 Å². The summed E-state index contributed by atoms with van der Waals surface area (Å²) in [6.07, 6.45) is 5.00. The molecule has 0 bridgehead atoms. The minimum Gasteiger partial charge on any atom is -0.311 e. The lowest BCUT2D eigenvalue weighted by Gasteiger charge is -2.40. The van der Waals surface area contributed by atoms with Crippen molar-refractivity contribution in [2.24, 2.45) is 5.41 Å². The molecule has 0 spiro atoms. The fourth-order valence-corrected chi connectivity index (χ4v) is 2.80. The predicted molar refractivity (Wildman–Crippen MR) is 87.8 cm³/mol. The van der Waals surface area contributed by atoms with Gasteiger partial charge < -0.3 is 10.2 Å². The van der Waals surface area contributed by atoms with Gasteiger partial charge in [0.15, 0.2) is 0 Å². The number of nitrogens with zero attached hydrogens (tertiary/aromatic N) is 1. The number of nitrogens with one attached hydrogen (secondary N) is 1. The molecule has 0 heterocycles. The number of rotatable bonds is 9. The number of hydrogen-bond acceptors (Lipinski definition) is 2. The summed E-state index contributed by atoms with van der Waals surface area (Å²) in [5, 5.41) is 3.72. The van der Waals surface area contributed by atoms with E-state index in [2.05, 4.69) is 65.7 Å². The van der Waals surface area contributed by atoms with E-state index in [1.165, 1.54) is 32.2 Å². The summed E-state index contributed by atoms with van der Waals surface area (Å²) in [6.45, 7) is 18.4. The van der Waals surface area contributed by atoms with Crippen molar-refractivity contribution in [2.45, 2.75) is 85.7 Å². The van der Waals surface area contributed by atoms with E-state index in [4.69, 9.17) is 0 Å². The molecule has 19 heavy (non-hydrogen) atoms. The van der Waals surface area contributed by atoms with E-state index in [0.717, 1.165) is 12.6 Å². The molecule has 0 amide bonds. The average molecular weight is 271 g/mol. The van der Waals surface area contributed by atoms with Gasteiger partial charge in [-0.3, -0.25) is 0 Å². The molecule has 2 nitrogen and oxygen atoms in total. The topological polar surface area (TPSA) is 15.3 Å². The third kappa shape index (κ3) is 6.76. The molecule has 0 aliphatic rings. The van der Waals surface area contributed by atoms with Crippen LogP contribution in [0.4, 0.5) is 0 Å². The second kappa shape index (κ2) is 8.26. The van der Waals surface area contributed by atoms with Crippen LogP contribution < -0.4 is 5.32 Å². The normalized spacial score (nSPS) is 13.6. The molecule has 0 aromatic rings. The van der Waals surface area contributed by atoms with Gasteiger partial charge in [-0.05, 0) is 58.9 Å². The summed E-state index contributed by atoms with van der Waals surface area (Å²) in [4.78, 5) is 2.58. The van der Waals surface area contributed by atoms with Crippen molar-refractivity contribution in [3.63, 3.8) is 0 Å².